The molecule has 7 heteroatoms. The van der Waals surface area contributed by atoms with E-state index in [2.05, 4.69) is 185 Å². The van der Waals surface area contributed by atoms with E-state index in [4.69, 9.17) is 15.0 Å². The number of hydrogen-bond acceptors (Lipinski definition) is 5. The van der Waals surface area contributed by atoms with E-state index in [-0.39, 0.29) is 0 Å². The van der Waals surface area contributed by atoms with E-state index in [1.807, 2.05) is 0 Å². The third kappa shape index (κ3) is 4.60. The SMILES string of the molecule is c1ccc(-n2c3ccccc3c3c4c5ccccc5n(-c5nc(-c6ccc7c(c6)sc6ccccc67)nc(-c6ccc7c(c6)sc6ccccc67)n5)c4ccc32)cc1. The summed E-state index contributed by atoms with van der Waals surface area (Å²) in [7, 11) is 0. The zero-order valence-corrected chi connectivity index (χ0v) is 32.4. The van der Waals surface area contributed by atoms with Crippen LogP contribution in [0.4, 0.5) is 0 Å². The molecule has 0 atom stereocenters. The molecule has 0 aliphatic rings. The molecule has 0 aliphatic carbocycles. The Bertz CT molecular complexity index is 3680. The van der Waals surface area contributed by atoms with Gasteiger partial charge in [0.05, 0.1) is 22.1 Å². The van der Waals surface area contributed by atoms with Crippen molar-refractivity contribution in [1.82, 2.24) is 24.1 Å². The van der Waals surface area contributed by atoms with Crippen LogP contribution in [0.1, 0.15) is 0 Å². The number of rotatable bonds is 4. The van der Waals surface area contributed by atoms with Crippen LogP contribution in [0.25, 0.3) is 118 Å². The molecule has 0 N–H and O–H groups in total. The van der Waals surface area contributed by atoms with E-state index >= 15 is 0 Å². The van der Waals surface area contributed by atoms with Crippen molar-refractivity contribution in [3.63, 3.8) is 0 Å². The van der Waals surface area contributed by atoms with Gasteiger partial charge in [0.25, 0.3) is 0 Å². The van der Waals surface area contributed by atoms with Gasteiger partial charge in [0, 0.05) is 78.7 Å². The zero-order chi connectivity index (χ0) is 37.9. The van der Waals surface area contributed by atoms with Gasteiger partial charge in [-0.2, -0.15) is 9.97 Å². The zero-order valence-electron chi connectivity index (χ0n) is 30.8. The Morgan fingerprint density at radius 3 is 1.34 bits per heavy atom. The number of fused-ring (bicyclic) bond motifs is 13. The van der Waals surface area contributed by atoms with E-state index in [0.717, 1.165) is 38.8 Å². The molecule has 0 spiro atoms. The molecule has 0 saturated heterocycles. The van der Waals surface area contributed by atoms with Gasteiger partial charge in [0.15, 0.2) is 11.6 Å². The van der Waals surface area contributed by atoms with E-state index in [1.54, 1.807) is 22.7 Å². The van der Waals surface area contributed by atoms with Crippen LogP contribution in [0, 0.1) is 0 Å². The summed E-state index contributed by atoms with van der Waals surface area (Å²) in [6, 6.07) is 63.0. The van der Waals surface area contributed by atoms with E-state index in [9.17, 15) is 0 Å². The summed E-state index contributed by atoms with van der Waals surface area (Å²) in [6.07, 6.45) is 0. The first kappa shape index (κ1) is 32.0. The van der Waals surface area contributed by atoms with Crippen LogP contribution in [-0.4, -0.2) is 24.1 Å². The van der Waals surface area contributed by atoms with Gasteiger partial charge in [-0.25, -0.2) is 4.98 Å². The maximum atomic E-state index is 5.37. The van der Waals surface area contributed by atoms with E-state index in [1.165, 1.54) is 62.0 Å². The first-order valence-corrected chi connectivity index (χ1v) is 21.0. The molecule has 0 radical (unpaired) electrons. The highest BCUT2D eigenvalue weighted by atomic mass is 32.1. The van der Waals surface area contributed by atoms with Crippen molar-refractivity contribution in [2.45, 2.75) is 0 Å². The molecule has 0 saturated carbocycles. The lowest BCUT2D eigenvalue weighted by atomic mass is 10.1. The summed E-state index contributed by atoms with van der Waals surface area (Å²) in [4.78, 5) is 16.0. The second kappa shape index (κ2) is 12.2. The summed E-state index contributed by atoms with van der Waals surface area (Å²) < 4.78 is 9.58. The third-order valence-corrected chi connectivity index (χ3v) is 13.9. The maximum Gasteiger partial charge on any atom is 0.238 e. The number of thiophene rings is 2. The molecule has 0 bridgehead atoms. The lowest BCUT2D eigenvalue weighted by Gasteiger charge is -2.11. The van der Waals surface area contributed by atoms with Crippen molar-refractivity contribution in [1.29, 1.82) is 0 Å². The molecule has 0 aliphatic heterocycles. The summed E-state index contributed by atoms with van der Waals surface area (Å²) in [5.41, 5.74) is 7.48. The highest BCUT2D eigenvalue weighted by molar-refractivity contribution is 7.26. The third-order valence-electron chi connectivity index (χ3n) is 11.6. The number of nitrogens with zero attached hydrogens (tertiary/aromatic N) is 5. The van der Waals surface area contributed by atoms with Gasteiger partial charge in [0.2, 0.25) is 5.95 Å². The van der Waals surface area contributed by atoms with Crippen LogP contribution in [0.15, 0.2) is 176 Å². The normalized spacial score (nSPS) is 12.1. The highest BCUT2D eigenvalue weighted by Crippen LogP contribution is 2.43. The van der Waals surface area contributed by atoms with Crippen molar-refractivity contribution in [2.75, 3.05) is 0 Å². The first-order chi connectivity index (χ1) is 28.7. The van der Waals surface area contributed by atoms with E-state index in [0.29, 0.717) is 17.6 Å². The van der Waals surface area contributed by atoms with Gasteiger partial charge in [-0.1, -0.05) is 115 Å². The molecule has 8 aromatic carbocycles. The Morgan fingerprint density at radius 1 is 0.328 bits per heavy atom. The fraction of sp³-hybridized carbons (Fsp3) is 0. The minimum atomic E-state index is 0.588. The number of para-hydroxylation sites is 3. The van der Waals surface area contributed by atoms with Gasteiger partial charge in [-0.05, 0) is 60.7 Å². The molecule has 58 heavy (non-hydrogen) atoms. The van der Waals surface area contributed by atoms with Crippen LogP contribution < -0.4 is 0 Å². The summed E-state index contributed by atoms with van der Waals surface area (Å²) in [5, 5.41) is 9.79. The van der Waals surface area contributed by atoms with Gasteiger partial charge in [0.1, 0.15) is 0 Å². The van der Waals surface area contributed by atoms with Gasteiger partial charge < -0.3 is 4.57 Å². The van der Waals surface area contributed by atoms with Gasteiger partial charge in [-0.15, -0.1) is 22.7 Å². The summed E-state index contributed by atoms with van der Waals surface area (Å²) in [6.45, 7) is 0. The van der Waals surface area contributed by atoms with Crippen LogP contribution in [0.5, 0.6) is 0 Å². The second-order valence-electron chi connectivity index (χ2n) is 14.8. The quantitative estimate of drug-likeness (QED) is 0.179. The summed E-state index contributed by atoms with van der Waals surface area (Å²) in [5.74, 6) is 1.87. The minimum absolute atomic E-state index is 0.588. The number of aromatic nitrogens is 5. The molecular weight excluding hydrogens is 747 g/mol. The molecular formula is C51H29N5S2. The van der Waals surface area contributed by atoms with Crippen LogP contribution in [0.2, 0.25) is 0 Å². The standard InChI is InChI=1S/C51H29N5S2/c1-2-12-32(13-3-1)55-39-18-8-4-16-37(39)47-41(55)26-27-42-48(47)38-17-5-9-19-40(38)56(42)51-53-49(30-22-24-35-33-14-6-10-20-43(33)57-45(35)28-30)52-50(54-51)31-23-25-36-34-15-7-11-21-44(34)58-46(36)29-31/h1-29H. The van der Waals surface area contributed by atoms with Gasteiger partial charge >= 0.3 is 0 Å². The topological polar surface area (TPSA) is 48.5 Å². The molecule has 0 amide bonds. The number of hydrogen-bond donors (Lipinski definition) is 0. The molecule has 5 aromatic heterocycles. The smallest absolute Gasteiger partial charge is 0.238 e. The predicted molar refractivity (Wildman–Crippen MR) is 245 cm³/mol. The molecule has 270 valence electrons. The predicted octanol–water partition coefficient (Wildman–Crippen LogP) is 14.1. The molecule has 13 rings (SSSR count). The van der Waals surface area contributed by atoms with Crippen LogP contribution in [0.3, 0.4) is 0 Å². The fourth-order valence-electron chi connectivity index (χ4n) is 9.04. The average molecular weight is 776 g/mol. The van der Waals surface area contributed by atoms with Crippen molar-refractivity contribution in [3.8, 4) is 34.4 Å². The van der Waals surface area contributed by atoms with Crippen molar-refractivity contribution >= 4 is 107 Å². The minimum Gasteiger partial charge on any atom is -0.309 e. The average Bonchev–Trinajstić information content (AvgIpc) is 4.03. The van der Waals surface area contributed by atoms with Crippen molar-refractivity contribution in [3.05, 3.63) is 176 Å². The second-order valence-corrected chi connectivity index (χ2v) is 17.0. The largest absolute Gasteiger partial charge is 0.309 e. The number of benzene rings is 8. The lowest BCUT2D eigenvalue weighted by molar-refractivity contribution is 0.954. The Hall–Kier alpha value is -7.19. The molecule has 0 fully saturated rings. The van der Waals surface area contributed by atoms with Crippen LogP contribution >= 0.6 is 22.7 Å². The first-order valence-electron chi connectivity index (χ1n) is 19.4. The van der Waals surface area contributed by atoms with E-state index < -0.39 is 0 Å². The molecule has 5 heterocycles. The van der Waals surface area contributed by atoms with Crippen molar-refractivity contribution < 1.29 is 0 Å². The molecule has 0 unspecified atom stereocenters. The van der Waals surface area contributed by atoms with Crippen molar-refractivity contribution in [2.24, 2.45) is 0 Å². The Kier molecular flexibility index (Phi) is 6.70. The monoisotopic (exact) mass is 775 g/mol. The Balaban J connectivity index is 1.10. The maximum absolute atomic E-state index is 5.37. The summed E-state index contributed by atoms with van der Waals surface area (Å²) >= 11 is 3.61. The highest BCUT2D eigenvalue weighted by Gasteiger charge is 2.23. The fourth-order valence-corrected chi connectivity index (χ4v) is 11.3. The van der Waals surface area contributed by atoms with Gasteiger partial charge in [-0.3, -0.25) is 4.57 Å². The Labute approximate surface area is 339 Å². The van der Waals surface area contributed by atoms with Crippen LogP contribution in [-0.2, 0) is 0 Å². The molecule has 13 aromatic rings. The lowest BCUT2D eigenvalue weighted by Crippen LogP contribution is -2.06. The molecule has 5 nitrogen and oxygen atoms in total. The Morgan fingerprint density at radius 2 is 0.776 bits per heavy atom.